The average Bonchev–Trinajstić information content (AvgIpc) is 1.55. The first-order valence-corrected chi connectivity index (χ1v) is 35.9. The van der Waals surface area contributed by atoms with Crippen LogP contribution in [0.4, 0.5) is 0 Å². The van der Waals surface area contributed by atoms with Crippen LogP contribution in [0.1, 0.15) is 0 Å². The third-order valence-electron chi connectivity index (χ3n) is 20.7. The van der Waals surface area contributed by atoms with Crippen LogP contribution in [-0.4, -0.2) is 38.2 Å². The predicted molar refractivity (Wildman–Crippen MR) is 439 cm³/mol. The molecule has 0 aliphatic heterocycles. The van der Waals surface area contributed by atoms with E-state index in [2.05, 4.69) is 364 Å². The summed E-state index contributed by atoms with van der Waals surface area (Å²) in [6.45, 7) is 0. The molecule has 21 aromatic rings. The Morgan fingerprint density at radius 1 is 0.160 bits per heavy atom. The van der Waals surface area contributed by atoms with Gasteiger partial charge in [0.25, 0.3) is 0 Å². The summed E-state index contributed by atoms with van der Waals surface area (Å²) < 4.78 is 9.65. The third kappa shape index (κ3) is 10.6. The lowest BCUT2D eigenvalue weighted by Crippen LogP contribution is -2.01. The summed E-state index contributed by atoms with van der Waals surface area (Å²) in [7, 11) is 0. The van der Waals surface area contributed by atoms with E-state index in [1.807, 2.05) is 42.5 Å². The van der Waals surface area contributed by atoms with Gasteiger partial charge in [-0.2, -0.15) is 0 Å². The van der Waals surface area contributed by atoms with Gasteiger partial charge in [-0.25, -0.2) is 19.9 Å². The van der Waals surface area contributed by atoms with E-state index in [-0.39, 0.29) is 0 Å². The van der Waals surface area contributed by atoms with Crippen molar-refractivity contribution in [2.45, 2.75) is 0 Å². The van der Waals surface area contributed by atoms with Crippen LogP contribution >= 0.6 is 0 Å². The first kappa shape index (κ1) is 61.5. The number of pyridine rings is 1. The Balaban J connectivity index is 0.000000141. The normalized spacial score (nSPS) is 11.6. The fraction of sp³-hybridized carbons (Fsp3) is 0. The summed E-state index contributed by atoms with van der Waals surface area (Å²) in [5.41, 5.74) is 25.4. The van der Waals surface area contributed by atoms with Crippen LogP contribution in [0.2, 0.25) is 0 Å². The first-order valence-electron chi connectivity index (χ1n) is 35.9. The maximum absolute atomic E-state index is 5.24. The lowest BCUT2D eigenvalue weighted by molar-refractivity contribution is 1.07. The van der Waals surface area contributed by atoms with Gasteiger partial charge in [0.2, 0.25) is 0 Å². The van der Waals surface area contributed by atoms with Gasteiger partial charge in [0.15, 0.2) is 17.5 Å². The number of rotatable bonds is 11. The molecule has 0 atom stereocenters. The second-order valence-electron chi connectivity index (χ2n) is 26.9. The number of nitrogens with zero attached hydrogens (tertiary/aromatic N) is 8. The molecule has 0 fully saturated rings. The van der Waals surface area contributed by atoms with Gasteiger partial charge >= 0.3 is 0 Å². The maximum Gasteiger partial charge on any atom is 0.164 e. The van der Waals surface area contributed by atoms with E-state index >= 15 is 0 Å². The van der Waals surface area contributed by atoms with Gasteiger partial charge in [-0.1, -0.05) is 291 Å². The van der Waals surface area contributed by atoms with E-state index in [4.69, 9.17) is 19.9 Å². The molecule has 0 aliphatic carbocycles. The molecule has 0 radical (unpaired) electrons. The fourth-order valence-electron chi connectivity index (χ4n) is 15.9. The number of fused-ring (bicyclic) bond motifs is 14. The Bertz CT molecular complexity index is 6840. The molecule has 0 amide bonds. The predicted octanol–water partition coefficient (Wildman–Crippen LogP) is 25.0. The Morgan fingerprint density at radius 3 is 0.943 bits per heavy atom. The van der Waals surface area contributed by atoms with E-state index < -0.39 is 0 Å². The van der Waals surface area contributed by atoms with Gasteiger partial charge in [-0.3, -0.25) is 0 Å². The Kier molecular flexibility index (Phi) is 15.0. The fourth-order valence-corrected chi connectivity index (χ4v) is 15.9. The number of hydrogen-bond donors (Lipinski definition) is 0. The molecule has 106 heavy (non-hydrogen) atoms. The van der Waals surface area contributed by atoms with Gasteiger partial charge in [-0.05, 0) is 119 Å². The molecule has 0 saturated heterocycles. The first-order chi connectivity index (χ1) is 52.6. The number of para-hydroxylation sites is 6. The van der Waals surface area contributed by atoms with Crippen molar-refractivity contribution in [1.82, 2.24) is 38.2 Å². The van der Waals surface area contributed by atoms with Crippen molar-refractivity contribution in [2.24, 2.45) is 0 Å². The van der Waals surface area contributed by atoms with Crippen molar-refractivity contribution in [3.05, 3.63) is 388 Å². The molecule has 0 spiro atoms. The van der Waals surface area contributed by atoms with Crippen molar-refractivity contribution in [3.8, 4) is 102 Å². The molecule has 6 heterocycles. The minimum Gasteiger partial charge on any atom is -0.309 e. The summed E-state index contributed by atoms with van der Waals surface area (Å²) in [6, 6.07) is 137. The number of benzene rings is 15. The SMILES string of the molecule is c1ccc(-c2cc(-c3ccccc3)nc(-c3cccc(-n4c5ccccc5c5c4ccc4c6ccccc6n(-c6ccccc6)c45)c3)c2)cc1.c1ccc(-c2ccc(-c3nc(-c4ccccc4)nc(-c4cccc(-n5c6ccccc6c6c5ccc5c7ccccc7n(-c7ccccc7)c56)c4)n3)cc2)cc1. The van der Waals surface area contributed by atoms with Gasteiger partial charge in [0, 0.05) is 93.7 Å². The molecule has 8 nitrogen and oxygen atoms in total. The van der Waals surface area contributed by atoms with Crippen LogP contribution < -0.4 is 0 Å². The van der Waals surface area contributed by atoms with Crippen molar-refractivity contribution < 1.29 is 0 Å². The molecule has 0 saturated carbocycles. The highest BCUT2D eigenvalue weighted by Crippen LogP contribution is 2.45. The topological polar surface area (TPSA) is 71.3 Å². The highest BCUT2D eigenvalue weighted by Gasteiger charge is 2.24. The maximum atomic E-state index is 5.24. The van der Waals surface area contributed by atoms with E-state index in [1.165, 1.54) is 87.3 Å². The smallest absolute Gasteiger partial charge is 0.164 e. The van der Waals surface area contributed by atoms with Gasteiger partial charge in [0.05, 0.1) is 55.5 Å². The van der Waals surface area contributed by atoms with Crippen LogP contribution in [0.5, 0.6) is 0 Å². The zero-order valence-corrected chi connectivity index (χ0v) is 57.5. The average molecular weight is 1350 g/mol. The quantitative estimate of drug-likeness (QED) is 0.129. The minimum absolute atomic E-state index is 0.621. The van der Waals surface area contributed by atoms with Crippen LogP contribution in [0.25, 0.3) is 189 Å². The zero-order chi connectivity index (χ0) is 70.0. The molecule has 8 heteroatoms. The van der Waals surface area contributed by atoms with E-state index in [0.717, 1.165) is 84.1 Å². The van der Waals surface area contributed by atoms with Crippen LogP contribution in [0.15, 0.2) is 388 Å². The van der Waals surface area contributed by atoms with Gasteiger partial charge in [-0.15, -0.1) is 0 Å². The summed E-state index contributed by atoms with van der Waals surface area (Å²) in [6.07, 6.45) is 0. The lowest BCUT2D eigenvalue weighted by atomic mass is 10.00. The minimum atomic E-state index is 0.621. The van der Waals surface area contributed by atoms with Gasteiger partial charge < -0.3 is 18.3 Å². The number of aromatic nitrogens is 8. The van der Waals surface area contributed by atoms with Crippen molar-refractivity contribution in [1.29, 1.82) is 0 Å². The van der Waals surface area contributed by atoms with Crippen LogP contribution in [0, 0.1) is 0 Å². The molecular formula is C98H64N8. The monoisotopic (exact) mass is 1350 g/mol. The summed E-state index contributed by atoms with van der Waals surface area (Å²) in [4.78, 5) is 20.5. The standard InChI is InChI=1S/C51H33N5.C47H31N3/c1-4-15-34(16-5-1)35-27-29-37(30-28-35)50-52-49(36-17-6-2-7-18-36)53-51(54-50)38-19-14-22-40(33-38)55-45-26-13-11-24-43(45)47-46(55)32-31-42-41-23-10-12-25-44(41)56(48(42)47)39-20-8-3-9-21-39;1-4-15-32(16-5-1)35-30-41(33-17-6-2-7-18-33)48-42(31-35)34-19-14-22-37(29-34)49-44-26-13-11-24-40(44)46-45(49)28-27-39-38-23-10-12-25-43(38)50(47(39)46)36-20-8-3-9-21-36/h1-33H;1-31H. The molecule has 496 valence electrons. The summed E-state index contributed by atoms with van der Waals surface area (Å²) in [5, 5.41) is 9.88. The molecule has 0 aliphatic rings. The third-order valence-corrected chi connectivity index (χ3v) is 20.7. The van der Waals surface area contributed by atoms with Crippen molar-refractivity contribution in [2.75, 3.05) is 0 Å². The molecular weight excluding hydrogens is 1290 g/mol. The number of hydrogen-bond acceptors (Lipinski definition) is 4. The van der Waals surface area contributed by atoms with Crippen LogP contribution in [0.3, 0.4) is 0 Å². The van der Waals surface area contributed by atoms with E-state index in [9.17, 15) is 0 Å². The van der Waals surface area contributed by atoms with E-state index in [0.29, 0.717) is 17.5 Å². The van der Waals surface area contributed by atoms with Crippen molar-refractivity contribution in [3.63, 3.8) is 0 Å². The van der Waals surface area contributed by atoms with E-state index in [1.54, 1.807) is 0 Å². The Hall–Kier alpha value is -14.3. The second-order valence-corrected chi connectivity index (χ2v) is 26.9. The summed E-state index contributed by atoms with van der Waals surface area (Å²) in [5.74, 6) is 1.89. The van der Waals surface area contributed by atoms with Crippen LogP contribution in [-0.2, 0) is 0 Å². The van der Waals surface area contributed by atoms with Crippen molar-refractivity contribution >= 4 is 87.2 Å². The highest BCUT2D eigenvalue weighted by atomic mass is 15.1. The van der Waals surface area contributed by atoms with Gasteiger partial charge in [0.1, 0.15) is 0 Å². The highest BCUT2D eigenvalue weighted by molar-refractivity contribution is 6.27. The molecule has 21 rings (SSSR count). The molecule has 0 unspecified atom stereocenters. The lowest BCUT2D eigenvalue weighted by Gasteiger charge is -2.13. The molecule has 15 aromatic carbocycles. The summed E-state index contributed by atoms with van der Waals surface area (Å²) >= 11 is 0. The molecule has 0 bridgehead atoms. The zero-order valence-electron chi connectivity index (χ0n) is 57.5. The largest absolute Gasteiger partial charge is 0.309 e. The Morgan fingerprint density at radius 2 is 0.472 bits per heavy atom. The molecule has 0 N–H and O–H groups in total. The molecule has 6 aromatic heterocycles. The Labute approximate surface area is 611 Å². The second kappa shape index (κ2) is 25.9.